The van der Waals surface area contributed by atoms with Crippen molar-refractivity contribution in [3.63, 3.8) is 0 Å². The van der Waals surface area contributed by atoms with Gasteiger partial charge in [0, 0.05) is 74.2 Å². The Hall–Kier alpha value is -4.98. The molecule has 4 aromatic carbocycles. The largest absolute Gasteiger partial charge is 0.454 e. The summed E-state index contributed by atoms with van der Waals surface area (Å²) in [5, 5.41) is 21.0. The van der Waals surface area contributed by atoms with Crippen molar-refractivity contribution in [2.45, 2.75) is 25.7 Å². The summed E-state index contributed by atoms with van der Waals surface area (Å²) in [5.41, 5.74) is 2.00. The van der Waals surface area contributed by atoms with Gasteiger partial charge < -0.3 is 23.8 Å². The molecule has 57 heavy (non-hydrogen) atoms. The minimum absolute atomic E-state index is 0.0455. The van der Waals surface area contributed by atoms with Crippen LogP contribution in [0.25, 0.3) is 21.9 Å². The molecule has 0 atom stereocenters. The molecule has 0 saturated heterocycles. The molecule has 19 heteroatoms. The second-order valence-electron chi connectivity index (χ2n) is 12.7. The molecule has 300 valence electrons. The normalized spacial score (nSPS) is 12.0. The van der Waals surface area contributed by atoms with E-state index >= 15 is 0 Å². The highest BCUT2D eigenvalue weighted by atomic mass is 35.5. The van der Waals surface area contributed by atoms with Gasteiger partial charge in [-0.3, -0.25) is 9.44 Å². The zero-order valence-electron chi connectivity index (χ0n) is 30.3. The van der Waals surface area contributed by atoms with Gasteiger partial charge in [0.25, 0.3) is 20.4 Å². The second kappa shape index (κ2) is 17.3. The van der Waals surface area contributed by atoms with E-state index in [0.717, 1.165) is 0 Å². The van der Waals surface area contributed by atoms with Gasteiger partial charge in [-0.2, -0.15) is 16.8 Å². The van der Waals surface area contributed by atoms with Gasteiger partial charge in [-0.05, 0) is 71.5 Å². The van der Waals surface area contributed by atoms with Crippen LogP contribution in [0, 0.1) is 0 Å². The molecule has 0 amide bonds. The first-order valence-electron chi connectivity index (χ1n) is 17.2. The minimum Gasteiger partial charge on any atom is -0.454 e. The molecule has 0 unspecified atom stereocenters. The molecular weight excluding hydrogens is 823 g/mol. The summed E-state index contributed by atoms with van der Waals surface area (Å²) >= 11 is 13.4. The van der Waals surface area contributed by atoms with Gasteiger partial charge in [0.1, 0.15) is 22.7 Å². The lowest BCUT2D eigenvalue weighted by Crippen LogP contribution is -2.26. The van der Waals surface area contributed by atoms with Crippen LogP contribution in [0.15, 0.2) is 91.2 Å². The number of anilines is 2. The van der Waals surface area contributed by atoms with Gasteiger partial charge in [0.15, 0.2) is 0 Å². The van der Waals surface area contributed by atoms with E-state index in [4.69, 9.17) is 36.8 Å². The molecule has 6 rings (SSSR count). The van der Waals surface area contributed by atoms with Crippen molar-refractivity contribution in [1.82, 2.24) is 9.44 Å². The summed E-state index contributed by atoms with van der Waals surface area (Å²) in [5.74, 6) is 0.0909. The summed E-state index contributed by atoms with van der Waals surface area (Å²) in [4.78, 5) is 26.9. The summed E-state index contributed by atoms with van der Waals surface area (Å²) in [6.45, 7) is -0.599. The van der Waals surface area contributed by atoms with Crippen LogP contribution in [0.5, 0.6) is 11.5 Å². The number of benzene rings is 4. The summed E-state index contributed by atoms with van der Waals surface area (Å²) in [6.07, 6.45) is 0.269. The fraction of sp³-hybridized carbons (Fsp3) is 0.211. The first-order chi connectivity index (χ1) is 27.1. The van der Waals surface area contributed by atoms with Gasteiger partial charge in [0.2, 0.25) is 0 Å². The quantitative estimate of drug-likeness (QED) is 0.0710. The lowest BCUT2D eigenvalue weighted by Gasteiger charge is -2.16. The molecule has 2 heterocycles. The average Bonchev–Trinajstić information content (AvgIpc) is 3.16. The Morgan fingerprint density at radius 1 is 0.614 bits per heavy atom. The van der Waals surface area contributed by atoms with E-state index in [-0.39, 0.29) is 94.1 Å². The van der Waals surface area contributed by atoms with Gasteiger partial charge in [-0.1, -0.05) is 47.5 Å². The Morgan fingerprint density at radius 2 is 1.02 bits per heavy atom. The average molecular weight is 860 g/mol. The molecule has 6 aromatic rings. The molecular formula is C38H36Cl2N4O11S2. The molecule has 15 nitrogen and oxygen atoms in total. The van der Waals surface area contributed by atoms with Crippen LogP contribution in [0.4, 0.5) is 11.4 Å². The molecule has 0 aliphatic rings. The Morgan fingerprint density at radius 3 is 1.39 bits per heavy atom. The molecule has 0 radical (unpaired) electrons. The van der Waals surface area contributed by atoms with Crippen LogP contribution >= 0.6 is 23.2 Å². The topological polar surface area (TPSA) is 227 Å². The standard InChI is InChI=1S/C38H36Cl2N4O11S2/c1-41-56(49,50)43-23-7-3-5-21(13-23)15-29-25(9-11-45)27-17-31(39)35(19-33(27)54-37(29)47)53-36-20-34-28(18-32(36)40)26(10-12-46)30(38(48)55-34)16-22-6-4-8-24(14-22)44-57(51,52)42-2/h3-8,13-14,17-20,41-46H,9-12,15-16H2,1-2H3. The van der Waals surface area contributed by atoms with E-state index < -0.39 is 31.7 Å². The zero-order chi connectivity index (χ0) is 41.1. The maximum absolute atomic E-state index is 13.4. The molecule has 0 fully saturated rings. The molecule has 6 N–H and O–H groups in total. The number of nitrogens with one attached hydrogen (secondary N) is 4. The second-order valence-corrected chi connectivity index (χ2v) is 16.7. The third kappa shape index (κ3) is 9.60. The molecule has 0 saturated carbocycles. The maximum Gasteiger partial charge on any atom is 0.340 e. The van der Waals surface area contributed by atoms with Crippen LogP contribution in [-0.4, -0.2) is 54.4 Å². The highest BCUT2D eigenvalue weighted by molar-refractivity contribution is 7.91. The van der Waals surface area contributed by atoms with E-state index in [1.807, 2.05) is 0 Å². The van der Waals surface area contributed by atoms with Crippen LogP contribution in [0.1, 0.15) is 33.4 Å². The highest BCUT2D eigenvalue weighted by Gasteiger charge is 2.21. The third-order valence-corrected chi connectivity index (χ3v) is 11.6. The van der Waals surface area contributed by atoms with Crippen LogP contribution in [0.3, 0.4) is 0 Å². The molecule has 0 aliphatic carbocycles. The lowest BCUT2D eigenvalue weighted by molar-refractivity contribution is 0.299. The highest BCUT2D eigenvalue weighted by Crippen LogP contribution is 2.40. The van der Waals surface area contributed by atoms with Crippen LogP contribution in [-0.2, 0) is 46.1 Å². The first-order valence-corrected chi connectivity index (χ1v) is 20.9. The first kappa shape index (κ1) is 41.6. The Kier molecular flexibility index (Phi) is 12.6. The lowest BCUT2D eigenvalue weighted by atomic mass is 9.96. The van der Waals surface area contributed by atoms with E-state index in [9.17, 15) is 36.6 Å². The van der Waals surface area contributed by atoms with Crippen molar-refractivity contribution in [3.05, 3.63) is 137 Å². The summed E-state index contributed by atoms with van der Waals surface area (Å²) in [7, 11) is -5.02. The monoisotopic (exact) mass is 858 g/mol. The predicted molar refractivity (Wildman–Crippen MR) is 218 cm³/mol. The number of aliphatic hydroxyl groups excluding tert-OH is 2. The van der Waals surface area contributed by atoms with Gasteiger partial charge in [-0.15, -0.1) is 0 Å². The van der Waals surface area contributed by atoms with Gasteiger partial charge in [0.05, 0.1) is 21.4 Å². The Labute approximate surface area is 336 Å². The van der Waals surface area contributed by atoms with Crippen molar-refractivity contribution in [1.29, 1.82) is 0 Å². The molecule has 0 aliphatic heterocycles. The number of halogens is 2. The van der Waals surface area contributed by atoms with Crippen molar-refractivity contribution >= 4 is 76.9 Å². The number of fused-ring (bicyclic) bond motifs is 2. The van der Waals surface area contributed by atoms with Crippen molar-refractivity contribution < 1.29 is 40.6 Å². The Bertz CT molecular complexity index is 2660. The predicted octanol–water partition coefficient (Wildman–Crippen LogP) is 5.00. The number of aliphatic hydroxyl groups is 2. The minimum atomic E-state index is -3.78. The van der Waals surface area contributed by atoms with E-state index in [0.29, 0.717) is 33.0 Å². The summed E-state index contributed by atoms with van der Waals surface area (Å²) < 4.78 is 74.7. The molecule has 2 aromatic heterocycles. The molecule has 0 spiro atoms. The SMILES string of the molecule is CNS(=O)(=O)Nc1cccc(Cc2c(CCO)c3cc(Cl)c(Oc4cc5oc(=O)c(Cc6cccc(NS(=O)(=O)NC)c6)c(CCO)c5cc4Cl)cc3oc2=O)c1. The number of rotatable bonds is 16. The van der Waals surface area contributed by atoms with E-state index in [1.54, 1.807) is 48.5 Å². The fourth-order valence-electron chi connectivity index (χ4n) is 6.34. The number of hydrogen-bond acceptors (Lipinski definition) is 11. The van der Waals surface area contributed by atoms with Crippen molar-refractivity contribution in [2.24, 2.45) is 0 Å². The third-order valence-electron chi connectivity index (χ3n) is 8.95. The number of hydrogen-bond donors (Lipinski definition) is 6. The smallest absolute Gasteiger partial charge is 0.340 e. The van der Waals surface area contributed by atoms with Gasteiger partial charge >= 0.3 is 11.3 Å². The maximum atomic E-state index is 13.4. The van der Waals surface area contributed by atoms with Crippen LogP contribution in [0.2, 0.25) is 10.0 Å². The summed E-state index contributed by atoms with van der Waals surface area (Å²) in [6, 6.07) is 18.8. The van der Waals surface area contributed by atoms with Crippen molar-refractivity contribution in [3.8, 4) is 11.5 Å². The van der Waals surface area contributed by atoms with E-state index in [2.05, 4.69) is 18.9 Å². The van der Waals surface area contributed by atoms with E-state index in [1.165, 1.54) is 38.4 Å². The van der Waals surface area contributed by atoms with Gasteiger partial charge in [-0.25, -0.2) is 19.0 Å². The van der Waals surface area contributed by atoms with Crippen molar-refractivity contribution in [2.75, 3.05) is 36.8 Å². The number of ether oxygens (including phenoxy) is 1. The Balaban J connectivity index is 1.34. The van der Waals surface area contributed by atoms with Crippen LogP contribution < -0.4 is 34.9 Å². The fourth-order valence-corrected chi connectivity index (χ4v) is 7.83. The zero-order valence-corrected chi connectivity index (χ0v) is 33.5. The molecule has 0 bridgehead atoms.